The maximum atomic E-state index is 13.4. The van der Waals surface area contributed by atoms with Crippen molar-refractivity contribution in [2.75, 3.05) is 5.01 Å². The summed E-state index contributed by atoms with van der Waals surface area (Å²) in [5, 5.41) is 4.56. The van der Waals surface area contributed by atoms with Gasteiger partial charge in [0.15, 0.2) is 0 Å². The lowest BCUT2D eigenvalue weighted by atomic mass is 9.73. The predicted octanol–water partition coefficient (Wildman–Crippen LogP) is 4.81. The minimum atomic E-state index is -0.608. The molecule has 5 rings (SSSR count). The number of hydrazine groups is 2. The molecule has 0 atom stereocenters. The van der Waals surface area contributed by atoms with Gasteiger partial charge in [0.25, 0.3) is 5.91 Å². The number of nitrogens with zero attached hydrogens (tertiary/aromatic N) is 1. The Morgan fingerprint density at radius 2 is 1.73 bits per heavy atom. The van der Waals surface area contributed by atoms with Gasteiger partial charge in [-0.05, 0) is 91.1 Å². The van der Waals surface area contributed by atoms with Crippen molar-refractivity contribution >= 4 is 22.4 Å². The fourth-order valence-corrected chi connectivity index (χ4v) is 5.24. The van der Waals surface area contributed by atoms with Gasteiger partial charge in [0, 0.05) is 0 Å². The van der Waals surface area contributed by atoms with Gasteiger partial charge in [-0.2, -0.15) is 0 Å². The van der Waals surface area contributed by atoms with E-state index in [2.05, 4.69) is 54.3 Å². The molecule has 1 saturated heterocycles. The number of anilines is 1. The highest BCUT2D eigenvalue weighted by Gasteiger charge is 2.51. The molecule has 154 valence electrons. The largest absolute Gasteiger partial charge is 0.275 e. The number of rotatable bonds is 3. The zero-order chi connectivity index (χ0) is 20.7. The first-order valence-electron chi connectivity index (χ1n) is 10.7. The summed E-state index contributed by atoms with van der Waals surface area (Å²) in [5.74, 6) is 0.274. The summed E-state index contributed by atoms with van der Waals surface area (Å²) in [4.78, 5) is 12.8. The number of hydrogen-bond donors (Lipinski definition) is 2. The molecule has 1 spiro atoms. The lowest BCUT2D eigenvalue weighted by Crippen LogP contribution is -2.53. The van der Waals surface area contributed by atoms with E-state index in [1.165, 1.54) is 34.0 Å². The van der Waals surface area contributed by atoms with Crippen molar-refractivity contribution in [1.29, 1.82) is 0 Å². The van der Waals surface area contributed by atoms with Gasteiger partial charge in [-0.3, -0.25) is 15.2 Å². The van der Waals surface area contributed by atoms with Gasteiger partial charge in [0.2, 0.25) is 0 Å². The van der Waals surface area contributed by atoms with Crippen LogP contribution in [-0.2, 0) is 11.2 Å². The molecule has 3 aromatic rings. The number of carbonyl (C=O) groups is 1. The number of halogens is 1. The summed E-state index contributed by atoms with van der Waals surface area (Å²) in [7, 11) is 0. The van der Waals surface area contributed by atoms with Crippen LogP contribution in [-0.4, -0.2) is 11.4 Å². The zero-order valence-electron chi connectivity index (χ0n) is 17.1. The molecule has 2 aliphatic rings. The highest BCUT2D eigenvalue weighted by molar-refractivity contribution is 5.92. The first-order valence-corrected chi connectivity index (χ1v) is 10.7. The van der Waals surface area contributed by atoms with Crippen LogP contribution in [0.5, 0.6) is 0 Å². The second-order valence-corrected chi connectivity index (χ2v) is 8.65. The van der Waals surface area contributed by atoms with Gasteiger partial charge in [0.1, 0.15) is 11.4 Å². The summed E-state index contributed by atoms with van der Waals surface area (Å²) in [5.41, 5.74) is 8.70. The average Bonchev–Trinajstić information content (AvgIpc) is 3.06. The molecule has 0 bridgehead atoms. The maximum Gasteiger partial charge on any atom is 0.262 e. The van der Waals surface area contributed by atoms with E-state index < -0.39 is 5.54 Å². The molecular formula is C25H26FN3O. The zero-order valence-corrected chi connectivity index (χ0v) is 17.1. The Labute approximate surface area is 176 Å². The Kier molecular flexibility index (Phi) is 4.70. The highest BCUT2D eigenvalue weighted by atomic mass is 19.1. The van der Waals surface area contributed by atoms with Gasteiger partial charge in [0.05, 0.1) is 5.69 Å². The van der Waals surface area contributed by atoms with E-state index >= 15 is 0 Å². The van der Waals surface area contributed by atoms with Crippen LogP contribution in [0.4, 0.5) is 10.1 Å². The van der Waals surface area contributed by atoms with Crippen LogP contribution >= 0.6 is 0 Å². The van der Waals surface area contributed by atoms with Crippen molar-refractivity contribution in [3.05, 3.63) is 77.6 Å². The Bertz CT molecular complexity index is 1080. The van der Waals surface area contributed by atoms with Gasteiger partial charge in [-0.1, -0.05) is 36.4 Å². The van der Waals surface area contributed by atoms with E-state index in [0.29, 0.717) is 5.92 Å². The van der Waals surface area contributed by atoms with Crippen LogP contribution in [0.15, 0.2) is 60.7 Å². The quantitative estimate of drug-likeness (QED) is 0.659. The Hall–Kier alpha value is -2.92. The third kappa shape index (κ3) is 3.14. The molecule has 2 fully saturated rings. The Morgan fingerprint density at radius 3 is 2.47 bits per heavy atom. The average molecular weight is 404 g/mol. The molecule has 1 heterocycles. The summed E-state index contributed by atoms with van der Waals surface area (Å²) in [6.07, 6.45) is 4.54. The molecule has 2 N–H and O–H groups in total. The molecule has 1 amide bonds. The monoisotopic (exact) mass is 403 g/mol. The van der Waals surface area contributed by atoms with Crippen LogP contribution in [0.2, 0.25) is 0 Å². The Balaban J connectivity index is 1.36. The van der Waals surface area contributed by atoms with E-state index in [1.807, 2.05) is 5.01 Å². The first kappa shape index (κ1) is 19.1. The van der Waals surface area contributed by atoms with Crippen LogP contribution in [0.25, 0.3) is 10.8 Å². The highest BCUT2D eigenvalue weighted by Crippen LogP contribution is 2.41. The van der Waals surface area contributed by atoms with Gasteiger partial charge < -0.3 is 0 Å². The lowest BCUT2D eigenvalue weighted by molar-refractivity contribution is -0.125. The van der Waals surface area contributed by atoms with Crippen molar-refractivity contribution in [2.24, 2.45) is 5.92 Å². The van der Waals surface area contributed by atoms with Crippen molar-refractivity contribution in [3.8, 4) is 0 Å². The summed E-state index contributed by atoms with van der Waals surface area (Å²) in [6, 6.07) is 19.3. The predicted molar refractivity (Wildman–Crippen MR) is 117 cm³/mol. The van der Waals surface area contributed by atoms with Crippen LogP contribution in [0.1, 0.15) is 36.8 Å². The number of fused-ring (bicyclic) bond motifs is 1. The van der Waals surface area contributed by atoms with Gasteiger partial charge in [-0.15, -0.1) is 5.53 Å². The van der Waals surface area contributed by atoms with Gasteiger partial charge >= 0.3 is 0 Å². The first-order chi connectivity index (χ1) is 14.6. The molecule has 4 nitrogen and oxygen atoms in total. The third-order valence-corrected chi connectivity index (χ3v) is 6.86. The van der Waals surface area contributed by atoms with Crippen molar-refractivity contribution in [3.63, 3.8) is 0 Å². The minimum Gasteiger partial charge on any atom is -0.275 e. The van der Waals surface area contributed by atoms with Crippen LogP contribution in [0, 0.1) is 18.7 Å². The number of nitrogens with one attached hydrogen (secondary N) is 2. The molecule has 1 aliphatic carbocycles. The number of aryl methyl sites for hydroxylation is 1. The fourth-order valence-electron chi connectivity index (χ4n) is 5.24. The summed E-state index contributed by atoms with van der Waals surface area (Å²) < 4.78 is 13.4. The number of carbonyl (C=O) groups excluding carboxylic acids is 1. The molecule has 3 aromatic carbocycles. The second-order valence-electron chi connectivity index (χ2n) is 8.65. The molecule has 0 aromatic heterocycles. The molecule has 5 heteroatoms. The van der Waals surface area contributed by atoms with E-state index in [9.17, 15) is 9.18 Å². The number of benzene rings is 3. The Morgan fingerprint density at radius 1 is 1.03 bits per heavy atom. The number of amides is 1. The number of hydrogen-bond acceptors (Lipinski definition) is 3. The molecule has 1 aliphatic heterocycles. The molecule has 0 unspecified atom stereocenters. The van der Waals surface area contributed by atoms with Crippen LogP contribution < -0.4 is 16.0 Å². The second kappa shape index (κ2) is 7.40. The topological polar surface area (TPSA) is 44.4 Å². The standard InChI is InChI=1S/C25H26FN3O/c1-17-4-2-5-19-6-3-7-20(23(17)19)16-18-12-14-25(15-13-18)24(30)27-28-29(25)22-10-8-21(26)9-11-22/h2-11,18,28H,12-16H2,1H3,(H,27,30). The summed E-state index contributed by atoms with van der Waals surface area (Å²) >= 11 is 0. The van der Waals surface area contributed by atoms with Crippen LogP contribution in [0.3, 0.4) is 0 Å². The smallest absolute Gasteiger partial charge is 0.262 e. The van der Waals surface area contributed by atoms with Gasteiger partial charge in [-0.25, -0.2) is 4.39 Å². The van der Waals surface area contributed by atoms with E-state index in [-0.39, 0.29) is 11.7 Å². The minimum absolute atomic E-state index is 0.00582. The maximum absolute atomic E-state index is 13.4. The van der Waals surface area contributed by atoms with E-state index in [1.54, 1.807) is 12.1 Å². The molecule has 30 heavy (non-hydrogen) atoms. The third-order valence-electron chi connectivity index (χ3n) is 6.86. The normalized spacial score (nSPS) is 23.9. The van der Waals surface area contributed by atoms with Crippen molar-refractivity contribution < 1.29 is 9.18 Å². The van der Waals surface area contributed by atoms with Crippen molar-refractivity contribution in [2.45, 2.75) is 44.6 Å². The van der Waals surface area contributed by atoms with E-state index in [4.69, 9.17) is 0 Å². The van der Waals surface area contributed by atoms with Crippen molar-refractivity contribution in [1.82, 2.24) is 11.0 Å². The van der Waals surface area contributed by atoms with E-state index in [0.717, 1.165) is 37.8 Å². The fraction of sp³-hybridized carbons (Fsp3) is 0.320. The SMILES string of the molecule is Cc1cccc2cccc(CC3CCC4(CC3)C(=O)NNN4c3ccc(F)cc3)c12. The molecular weight excluding hydrogens is 377 g/mol. The molecule has 1 saturated carbocycles. The molecule has 0 radical (unpaired) electrons. The summed E-state index contributed by atoms with van der Waals surface area (Å²) in [6.45, 7) is 2.18. The lowest BCUT2D eigenvalue weighted by Gasteiger charge is -2.41.